The molecule has 0 spiro atoms. The number of aromatic nitrogens is 1. The lowest BCUT2D eigenvalue weighted by atomic mass is 10.2. The molecular weight excluding hydrogens is 274 g/mol. The first-order valence-corrected chi connectivity index (χ1v) is 6.93. The number of carbonyl (C=O) groups excluding carboxylic acids is 1. The van der Waals surface area contributed by atoms with E-state index in [1.807, 2.05) is 0 Å². The van der Waals surface area contributed by atoms with Crippen molar-refractivity contribution in [2.45, 2.75) is 23.1 Å². The van der Waals surface area contributed by atoms with Gasteiger partial charge in [0.25, 0.3) is 0 Å². The molecule has 1 N–H and O–H groups in total. The van der Waals surface area contributed by atoms with Crippen molar-refractivity contribution in [3.8, 4) is 0 Å². The van der Waals surface area contributed by atoms with E-state index in [1.54, 1.807) is 49.5 Å². The summed E-state index contributed by atoms with van der Waals surface area (Å²) < 4.78 is 0. The smallest absolute Gasteiger partial charge is 0.336 e. The molecule has 2 rings (SSSR count). The SMILES string of the molecule is CCC(=O)c1ccc(Sc2ccccc2C(=O)O)cn1. The zero-order valence-corrected chi connectivity index (χ0v) is 11.7. The van der Waals surface area contributed by atoms with E-state index in [-0.39, 0.29) is 11.3 Å². The summed E-state index contributed by atoms with van der Waals surface area (Å²) >= 11 is 1.32. The lowest BCUT2D eigenvalue weighted by Gasteiger charge is -2.05. The fraction of sp³-hybridized carbons (Fsp3) is 0.133. The summed E-state index contributed by atoms with van der Waals surface area (Å²) in [6.07, 6.45) is 2.01. The van der Waals surface area contributed by atoms with Crippen LogP contribution in [0.3, 0.4) is 0 Å². The van der Waals surface area contributed by atoms with Gasteiger partial charge >= 0.3 is 5.97 Å². The molecule has 0 saturated heterocycles. The summed E-state index contributed by atoms with van der Waals surface area (Å²) in [4.78, 5) is 28.1. The Kier molecular flexibility index (Phi) is 4.53. The Morgan fingerprint density at radius 2 is 1.95 bits per heavy atom. The van der Waals surface area contributed by atoms with Crippen LogP contribution in [0.5, 0.6) is 0 Å². The first kappa shape index (κ1) is 14.3. The molecule has 1 aromatic carbocycles. The van der Waals surface area contributed by atoms with Crippen LogP contribution in [0, 0.1) is 0 Å². The number of nitrogens with zero attached hydrogens (tertiary/aromatic N) is 1. The molecule has 0 atom stereocenters. The van der Waals surface area contributed by atoms with E-state index in [4.69, 9.17) is 5.11 Å². The number of pyridine rings is 1. The van der Waals surface area contributed by atoms with Crippen molar-refractivity contribution in [2.75, 3.05) is 0 Å². The summed E-state index contributed by atoms with van der Waals surface area (Å²) in [5.74, 6) is -0.966. The van der Waals surface area contributed by atoms with Crippen LogP contribution in [0.1, 0.15) is 34.2 Å². The van der Waals surface area contributed by atoms with E-state index in [0.717, 1.165) is 4.90 Å². The van der Waals surface area contributed by atoms with E-state index >= 15 is 0 Å². The van der Waals surface area contributed by atoms with Gasteiger partial charge in [-0.15, -0.1) is 0 Å². The average molecular weight is 287 g/mol. The Morgan fingerprint density at radius 3 is 2.55 bits per heavy atom. The molecule has 0 aliphatic heterocycles. The molecule has 0 fully saturated rings. The second-order valence-electron chi connectivity index (χ2n) is 4.06. The van der Waals surface area contributed by atoms with Gasteiger partial charge in [-0.05, 0) is 24.3 Å². The van der Waals surface area contributed by atoms with Gasteiger partial charge < -0.3 is 5.11 Å². The molecule has 0 radical (unpaired) electrons. The molecule has 2 aromatic rings. The molecule has 5 heteroatoms. The zero-order valence-electron chi connectivity index (χ0n) is 10.9. The predicted octanol–water partition coefficient (Wildman–Crippen LogP) is 3.52. The van der Waals surface area contributed by atoms with Crippen molar-refractivity contribution < 1.29 is 14.7 Å². The molecular formula is C15H13NO3S. The second-order valence-corrected chi connectivity index (χ2v) is 5.17. The maximum absolute atomic E-state index is 11.5. The maximum atomic E-state index is 11.5. The zero-order chi connectivity index (χ0) is 14.5. The first-order chi connectivity index (χ1) is 9.61. The van der Waals surface area contributed by atoms with Crippen molar-refractivity contribution in [1.29, 1.82) is 0 Å². The number of aromatic carboxylic acids is 1. The van der Waals surface area contributed by atoms with E-state index in [0.29, 0.717) is 17.0 Å². The van der Waals surface area contributed by atoms with Crippen molar-refractivity contribution in [2.24, 2.45) is 0 Å². The standard InChI is InChI=1S/C15H13NO3S/c1-2-13(17)12-8-7-10(9-16-12)20-14-6-4-3-5-11(14)15(18)19/h3-9H,2H2,1H3,(H,18,19). The summed E-state index contributed by atoms with van der Waals surface area (Å²) in [5, 5.41) is 9.12. The van der Waals surface area contributed by atoms with Gasteiger partial charge in [-0.3, -0.25) is 9.78 Å². The van der Waals surface area contributed by atoms with Crippen LogP contribution < -0.4 is 0 Å². The van der Waals surface area contributed by atoms with Crippen molar-refractivity contribution in [3.05, 3.63) is 53.9 Å². The summed E-state index contributed by atoms with van der Waals surface area (Å²) in [6.45, 7) is 1.79. The average Bonchev–Trinajstić information content (AvgIpc) is 2.47. The van der Waals surface area contributed by atoms with Crippen molar-refractivity contribution >= 4 is 23.5 Å². The highest BCUT2D eigenvalue weighted by Gasteiger charge is 2.11. The van der Waals surface area contributed by atoms with E-state index in [9.17, 15) is 9.59 Å². The molecule has 0 unspecified atom stereocenters. The number of hydrogen-bond donors (Lipinski definition) is 1. The number of ketones is 1. The maximum Gasteiger partial charge on any atom is 0.336 e. The minimum absolute atomic E-state index is 0.00696. The fourth-order valence-corrected chi connectivity index (χ4v) is 2.55. The van der Waals surface area contributed by atoms with Crippen molar-refractivity contribution in [3.63, 3.8) is 0 Å². The van der Waals surface area contributed by atoms with Crippen LogP contribution in [0.25, 0.3) is 0 Å². The molecule has 0 saturated carbocycles. The van der Waals surface area contributed by atoms with Crippen LogP contribution >= 0.6 is 11.8 Å². The van der Waals surface area contributed by atoms with Crippen LogP contribution in [-0.4, -0.2) is 21.8 Å². The van der Waals surface area contributed by atoms with Gasteiger partial charge in [0.15, 0.2) is 5.78 Å². The number of Topliss-reactive ketones (excluding diaryl/α,β-unsaturated/α-hetero) is 1. The normalized spacial score (nSPS) is 10.2. The van der Waals surface area contributed by atoms with Crippen LogP contribution in [0.2, 0.25) is 0 Å². The van der Waals surface area contributed by atoms with Gasteiger partial charge in [0, 0.05) is 22.4 Å². The molecule has 1 heterocycles. The van der Waals surface area contributed by atoms with Gasteiger partial charge in [0.1, 0.15) is 5.69 Å². The van der Waals surface area contributed by atoms with Gasteiger partial charge in [0.2, 0.25) is 0 Å². The Balaban J connectivity index is 2.23. The number of benzene rings is 1. The van der Waals surface area contributed by atoms with Crippen LogP contribution in [-0.2, 0) is 0 Å². The number of carboxylic acids is 1. The van der Waals surface area contributed by atoms with E-state index < -0.39 is 5.97 Å². The highest BCUT2D eigenvalue weighted by atomic mass is 32.2. The second kappa shape index (κ2) is 6.34. The van der Waals surface area contributed by atoms with Gasteiger partial charge in [0.05, 0.1) is 5.56 Å². The number of rotatable bonds is 5. The van der Waals surface area contributed by atoms with E-state index in [1.165, 1.54) is 11.8 Å². The minimum Gasteiger partial charge on any atom is -0.478 e. The molecule has 1 aromatic heterocycles. The number of carboxylic acid groups (broad SMARTS) is 1. The minimum atomic E-state index is -0.959. The summed E-state index contributed by atoms with van der Waals surface area (Å²) in [5.41, 5.74) is 0.689. The monoisotopic (exact) mass is 287 g/mol. The topological polar surface area (TPSA) is 67.3 Å². The largest absolute Gasteiger partial charge is 0.478 e. The van der Waals surface area contributed by atoms with Crippen molar-refractivity contribution in [1.82, 2.24) is 4.98 Å². The Labute approximate surface area is 120 Å². The Morgan fingerprint density at radius 1 is 1.20 bits per heavy atom. The molecule has 0 bridgehead atoms. The molecule has 102 valence electrons. The highest BCUT2D eigenvalue weighted by molar-refractivity contribution is 7.99. The number of carbonyl (C=O) groups is 2. The molecule has 0 aliphatic rings. The van der Waals surface area contributed by atoms with Gasteiger partial charge in [-0.2, -0.15) is 0 Å². The van der Waals surface area contributed by atoms with Crippen LogP contribution in [0.15, 0.2) is 52.4 Å². The van der Waals surface area contributed by atoms with Gasteiger partial charge in [-0.1, -0.05) is 30.8 Å². The van der Waals surface area contributed by atoms with Gasteiger partial charge in [-0.25, -0.2) is 4.79 Å². The molecule has 0 amide bonds. The molecule has 0 aliphatic carbocycles. The highest BCUT2D eigenvalue weighted by Crippen LogP contribution is 2.30. The molecule has 4 nitrogen and oxygen atoms in total. The first-order valence-electron chi connectivity index (χ1n) is 6.11. The lowest BCUT2D eigenvalue weighted by Crippen LogP contribution is -2.00. The number of hydrogen-bond acceptors (Lipinski definition) is 4. The lowest BCUT2D eigenvalue weighted by molar-refractivity contribution is 0.0693. The summed E-state index contributed by atoms with van der Waals surface area (Å²) in [6, 6.07) is 10.2. The molecule has 20 heavy (non-hydrogen) atoms. The summed E-state index contributed by atoms with van der Waals surface area (Å²) in [7, 11) is 0. The predicted molar refractivity (Wildman–Crippen MR) is 76.4 cm³/mol. The quantitative estimate of drug-likeness (QED) is 0.852. The third-order valence-corrected chi connectivity index (χ3v) is 3.74. The fourth-order valence-electron chi connectivity index (χ4n) is 1.65. The third kappa shape index (κ3) is 3.24. The Bertz CT molecular complexity index is 638. The Hall–Kier alpha value is -2.14. The van der Waals surface area contributed by atoms with E-state index in [2.05, 4.69) is 4.98 Å². The third-order valence-electron chi connectivity index (χ3n) is 2.69. The van der Waals surface area contributed by atoms with Crippen LogP contribution in [0.4, 0.5) is 0 Å².